The summed E-state index contributed by atoms with van der Waals surface area (Å²) in [5.41, 5.74) is 1.18. The Labute approximate surface area is 126 Å². The van der Waals surface area contributed by atoms with Gasteiger partial charge in [0.15, 0.2) is 0 Å². The maximum absolute atomic E-state index is 12.0. The smallest absolute Gasteiger partial charge is 0.326 e. The van der Waals surface area contributed by atoms with Gasteiger partial charge < -0.3 is 15.7 Å². The van der Waals surface area contributed by atoms with Gasteiger partial charge in [0.05, 0.1) is 11.6 Å². The predicted octanol–water partition coefficient (Wildman–Crippen LogP) is -0.0512. The Balaban J connectivity index is 2.00. The Kier molecular flexibility index (Phi) is 4.73. The minimum atomic E-state index is -1.15. The molecular formula is C15H15N3O4. The van der Waals surface area contributed by atoms with Crippen molar-refractivity contribution in [3.63, 3.8) is 0 Å². The second kappa shape index (κ2) is 6.72. The normalized spacial score (nSPS) is 18.1. The maximum Gasteiger partial charge on any atom is 0.326 e. The lowest BCUT2D eigenvalue weighted by molar-refractivity contribution is -0.142. The highest BCUT2D eigenvalue weighted by atomic mass is 16.4. The molecular weight excluding hydrogens is 286 g/mol. The summed E-state index contributed by atoms with van der Waals surface area (Å²) in [7, 11) is 0. The molecule has 1 aromatic rings. The van der Waals surface area contributed by atoms with E-state index in [4.69, 9.17) is 5.26 Å². The van der Waals surface area contributed by atoms with E-state index in [1.165, 1.54) is 0 Å². The van der Waals surface area contributed by atoms with E-state index in [0.29, 0.717) is 17.5 Å². The lowest BCUT2D eigenvalue weighted by atomic mass is 10.0. The Hall–Kier alpha value is -2.88. The van der Waals surface area contributed by atoms with E-state index in [-0.39, 0.29) is 18.7 Å². The monoisotopic (exact) mass is 301 g/mol. The highest BCUT2D eigenvalue weighted by Crippen LogP contribution is 2.09. The van der Waals surface area contributed by atoms with Crippen LogP contribution in [0.5, 0.6) is 0 Å². The summed E-state index contributed by atoms with van der Waals surface area (Å²) in [6.07, 6.45) is 0.743. The van der Waals surface area contributed by atoms with Gasteiger partial charge in [-0.3, -0.25) is 9.59 Å². The molecule has 2 amide bonds. The molecule has 1 heterocycles. The molecule has 7 heteroatoms. The number of aliphatic carboxylic acids is 1. The van der Waals surface area contributed by atoms with Crippen LogP contribution < -0.4 is 10.6 Å². The lowest BCUT2D eigenvalue weighted by Crippen LogP contribution is -2.49. The zero-order valence-corrected chi connectivity index (χ0v) is 11.7. The average Bonchev–Trinajstić information content (AvgIpc) is 2.94. The van der Waals surface area contributed by atoms with Crippen molar-refractivity contribution >= 4 is 17.8 Å². The van der Waals surface area contributed by atoms with Crippen LogP contribution in [0, 0.1) is 11.3 Å². The number of benzene rings is 1. The summed E-state index contributed by atoms with van der Waals surface area (Å²) in [6, 6.07) is 6.70. The van der Waals surface area contributed by atoms with Gasteiger partial charge in [0, 0.05) is 12.8 Å². The number of carboxylic acid groups (broad SMARTS) is 1. The van der Waals surface area contributed by atoms with E-state index < -0.39 is 24.0 Å². The second-order valence-corrected chi connectivity index (χ2v) is 5.07. The molecule has 0 radical (unpaired) electrons. The molecule has 0 spiro atoms. The van der Waals surface area contributed by atoms with Crippen LogP contribution in [0.3, 0.4) is 0 Å². The summed E-state index contributed by atoms with van der Waals surface area (Å²) in [5, 5.41) is 22.9. The van der Waals surface area contributed by atoms with Gasteiger partial charge in [-0.15, -0.1) is 0 Å². The first-order valence-electron chi connectivity index (χ1n) is 6.81. The molecule has 2 rings (SSSR count). The van der Waals surface area contributed by atoms with Crippen LogP contribution in [0.2, 0.25) is 0 Å². The number of nitrogens with one attached hydrogen (secondary N) is 2. The number of hydrogen-bond donors (Lipinski definition) is 3. The van der Waals surface area contributed by atoms with Crippen molar-refractivity contribution in [1.29, 1.82) is 5.26 Å². The number of carboxylic acids is 1. The molecule has 1 saturated heterocycles. The Bertz CT molecular complexity index is 633. The van der Waals surface area contributed by atoms with Gasteiger partial charge in [-0.25, -0.2) is 4.79 Å². The van der Waals surface area contributed by atoms with Crippen LogP contribution in [-0.2, 0) is 20.8 Å². The van der Waals surface area contributed by atoms with Crippen molar-refractivity contribution in [2.45, 2.75) is 31.3 Å². The van der Waals surface area contributed by atoms with E-state index in [9.17, 15) is 19.5 Å². The first kappa shape index (κ1) is 15.5. The molecule has 1 aliphatic heterocycles. The number of amides is 2. The molecule has 3 N–H and O–H groups in total. The molecule has 0 bridgehead atoms. The van der Waals surface area contributed by atoms with Crippen molar-refractivity contribution in [3.05, 3.63) is 35.4 Å². The molecule has 1 aliphatic rings. The molecule has 22 heavy (non-hydrogen) atoms. The number of rotatable bonds is 5. The first-order chi connectivity index (χ1) is 10.5. The molecule has 1 fully saturated rings. The third-order valence-electron chi connectivity index (χ3n) is 3.45. The van der Waals surface area contributed by atoms with Gasteiger partial charge in [0.2, 0.25) is 11.8 Å². The zero-order chi connectivity index (χ0) is 16.1. The van der Waals surface area contributed by atoms with Crippen molar-refractivity contribution in [2.75, 3.05) is 0 Å². The number of carbonyl (C=O) groups is 3. The molecule has 0 aromatic heterocycles. The Morgan fingerprint density at radius 3 is 2.59 bits per heavy atom. The van der Waals surface area contributed by atoms with Crippen LogP contribution in [0.25, 0.3) is 0 Å². The molecule has 1 aromatic carbocycles. The predicted molar refractivity (Wildman–Crippen MR) is 75.6 cm³/mol. The van der Waals surface area contributed by atoms with Gasteiger partial charge in [-0.1, -0.05) is 12.1 Å². The second-order valence-electron chi connectivity index (χ2n) is 5.07. The molecule has 2 atom stereocenters. The fourth-order valence-corrected chi connectivity index (χ4v) is 2.23. The van der Waals surface area contributed by atoms with E-state index in [2.05, 4.69) is 10.6 Å². The van der Waals surface area contributed by atoms with E-state index in [1.54, 1.807) is 24.3 Å². The Morgan fingerprint density at radius 2 is 2.09 bits per heavy atom. The van der Waals surface area contributed by atoms with Gasteiger partial charge >= 0.3 is 5.97 Å². The standard InChI is InChI=1S/C15H15N3O4/c16-8-10-3-1-9(2-4-10)7-12(15(21)22)18-14(20)11-5-6-13(19)17-11/h1-4,11-12H,5-7H2,(H,17,19)(H,18,20)(H,21,22)/t11-,12+/m1/s1. The highest BCUT2D eigenvalue weighted by Gasteiger charge is 2.30. The average molecular weight is 301 g/mol. The first-order valence-corrected chi connectivity index (χ1v) is 6.81. The lowest BCUT2D eigenvalue weighted by Gasteiger charge is -2.17. The maximum atomic E-state index is 12.0. The number of nitriles is 1. The van der Waals surface area contributed by atoms with E-state index in [1.807, 2.05) is 6.07 Å². The third-order valence-corrected chi connectivity index (χ3v) is 3.45. The van der Waals surface area contributed by atoms with E-state index in [0.717, 1.165) is 0 Å². The summed E-state index contributed by atoms with van der Waals surface area (Å²) >= 11 is 0. The van der Waals surface area contributed by atoms with Crippen molar-refractivity contribution in [3.8, 4) is 6.07 Å². The van der Waals surface area contributed by atoms with Crippen LogP contribution >= 0.6 is 0 Å². The zero-order valence-electron chi connectivity index (χ0n) is 11.7. The number of carbonyl (C=O) groups excluding carboxylic acids is 2. The molecule has 7 nitrogen and oxygen atoms in total. The highest BCUT2D eigenvalue weighted by molar-refractivity contribution is 5.92. The fourth-order valence-electron chi connectivity index (χ4n) is 2.23. The van der Waals surface area contributed by atoms with Crippen LogP contribution in [0.15, 0.2) is 24.3 Å². The third kappa shape index (κ3) is 3.82. The number of hydrogen-bond acceptors (Lipinski definition) is 4. The molecule has 0 aliphatic carbocycles. The van der Waals surface area contributed by atoms with E-state index >= 15 is 0 Å². The summed E-state index contributed by atoms with van der Waals surface area (Å²) in [4.78, 5) is 34.3. The van der Waals surface area contributed by atoms with Gasteiger partial charge in [-0.2, -0.15) is 5.26 Å². The largest absolute Gasteiger partial charge is 0.480 e. The molecule has 114 valence electrons. The van der Waals surface area contributed by atoms with Gasteiger partial charge in [-0.05, 0) is 24.1 Å². The molecule has 0 saturated carbocycles. The van der Waals surface area contributed by atoms with Crippen LogP contribution in [-0.4, -0.2) is 35.0 Å². The van der Waals surface area contributed by atoms with Crippen LogP contribution in [0.4, 0.5) is 0 Å². The molecule has 0 unspecified atom stereocenters. The van der Waals surface area contributed by atoms with Gasteiger partial charge in [0.1, 0.15) is 12.1 Å². The summed E-state index contributed by atoms with van der Waals surface area (Å²) in [5.74, 6) is -1.85. The summed E-state index contributed by atoms with van der Waals surface area (Å²) in [6.45, 7) is 0. The minimum Gasteiger partial charge on any atom is -0.480 e. The van der Waals surface area contributed by atoms with Crippen molar-refractivity contribution in [1.82, 2.24) is 10.6 Å². The van der Waals surface area contributed by atoms with Gasteiger partial charge in [0.25, 0.3) is 0 Å². The topological polar surface area (TPSA) is 119 Å². The summed E-state index contributed by atoms with van der Waals surface area (Å²) < 4.78 is 0. The minimum absolute atomic E-state index is 0.105. The SMILES string of the molecule is N#Cc1ccc(C[C@H](NC(=O)[C@H]2CCC(=O)N2)C(=O)O)cc1. The van der Waals surface area contributed by atoms with Crippen molar-refractivity contribution < 1.29 is 19.5 Å². The van der Waals surface area contributed by atoms with Crippen LogP contribution in [0.1, 0.15) is 24.0 Å². The quantitative estimate of drug-likeness (QED) is 0.704. The Morgan fingerprint density at radius 1 is 1.41 bits per heavy atom. The fraction of sp³-hybridized carbons (Fsp3) is 0.333. The number of nitrogens with zero attached hydrogens (tertiary/aromatic N) is 1. The van der Waals surface area contributed by atoms with Crippen molar-refractivity contribution in [2.24, 2.45) is 0 Å².